The lowest BCUT2D eigenvalue weighted by Gasteiger charge is -2.12. The number of methoxy groups -OCH3 is 1. The molecule has 22 heavy (non-hydrogen) atoms. The van der Waals surface area contributed by atoms with Gasteiger partial charge in [-0.1, -0.05) is 44.7 Å². The molecule has 2 rings (SSSR count). The van der Waals surface area contributed by atoms with E-state index in [2.05, 4.69) is 31.5 Å². The smallest absolute Gasteiger partial charge is 0.124 e. The van der Waals surface area contributed by atoms with E-state index in [0.717, 1.165) is 16.8 Å². The summed E-state index contributed by atoms with van der Waals surface area (Å²) in [6, 6.07) is 11.1. The first-order chi connectivity index (χ1) is 10.6. The number of hydrogen-bond donors (Lipinski definition) is 1. The van der Waals surface area contributed by atoms with E-state index < -0.39 is 0 Å². The maximum absolute atomic E-state index is 9.95. The van der Waals surface area contributed by atoms with Crippen LogP contribution in [0.25, 0.3) is 6.08 Å². The van der Waals surface area contributed by atoms with Gasteiger partial charge < -0.3 is 9.84 Å². The summed E-state index contributed by atoms with van der Waals surface area (Å²) in [7, 11) is 1.59. The fourth-order valence-electron chi connectivity index (χ4n) is 2.26. The lowest BCUT2D eigenvalue weighted by molar-refractivity contribution is 0.412. The molecule has 0 bridgehead atoms. The Kier molecular flexibility index (Phi) is 4.99. The predicted octanol–water partition coefficient (Wildman–Crippen LogP) is 4.92. The van der Waals surface area contributed by atoms with E-state index in [1.807, 2.05) is 12.1 Å². The number of nitrogens with zero attached hydrogens (tertiary/aromatic N) is 1. The van der Waals surface area contributed by atoms with E-state index in [-0.39, 0.29) is 5.75 Å². The van der Waals surface area contributed by atoms with Gasteiger partial charge in [0.1, 0.15) is 11.5 Å². The van der Waals surface area contributed by atoms with Crippen molar-refractivity contribution in [2.45, 2.75) is 19.8 Å². The average molecular weight is 295 g/mol. The molecule has 0 radical (unpaired) electrons. The molecule has 2 aromatic rings. The zero-order valence-corrected chi connectivity index (χ0v) is 13.2. The van der Waals surface area contributed by atoms with Crippen molar-refractivity contribution in [2.24, 2.45) is 4.99 Å². The van der Waals surface area contributed by atoms with Crippen molar-refractivity contribution in [3.05, 3.63) is 59.7 Å². The standard InChI is InChI=1S/C19H21NO2/c1-5-14-7-6-8-17(13(2)3)19(14)20-12-15-11-16(22-4)9-10-18(15)21/h5-13,21H,1H2,2-4H3. The van der Waals surface area contributed by atoms with Crippen molar-refractivity contribution < 1.29 is 9.84 Å². The van der Waals surface area contributed by atoms with Crippen LogP contribution < -0.4 is 4.74 Å². The van der Waals surface area contributed by atoms with Crippen LogP contribution in [0.2, 0.25) is 0 Å². The van der Waals surface area contributed by atoms with E-state index >= 15 is 0 Å². The summed E-state index contributed by atoms with van der Waals surface area (Å²) in [6.45, 7) is 8.11. The number of benzene rings is 2. The molecule has 2 aromatic carbocycles. The van der Waals surface area contributed by atoms with Gasteiger partial charge in [0.05, 0.1) is 12.8 Å². The maximum Gasteiger partial charge on any atom is 0.124 e. The first kappa shape index (κ1) is 15.8. The topological polar surface area (TPSA) is 41.8 Å². The van der Waals surface area contributed by atoms with Crippen LogP contribution in [-0.2, 0) is 0 Å². The van der Waals surface area contributed by atoms with Gasteiger partial charge in [0.25, 0.3) is 0 Å². The highest BCUT2D eigenvalue weighted by Crippen LogP contribution is 2.31. The molecule has 0 aromatic heterocycles. The van der Waals surface area contributed by atoms with Crippen LogP contribution >= 0.6 is 0 Å². The Bertz CT molecular complexity index is 703. The Labute approximate surface area is 131 Å². The second-order valence-electron chi connectivity index (χ2n) is 5.33. The molecule has 0 atom stereocenters. The van der Waals surface area contributed by atoms with Crippen LogP contribution in [0.3, 0.4) is 0 Å². The molecule has 0 heterocycles. The molecular weight excluding hydrogens is 274 g/mol. The van der Waals surface area contributed by atoms with E-state index in [9.17, 15) is 5.11 Å². The number of phenols is 1. The van der Waals surface area contributed by atoms with E-state index in [1.165, 1.54) is 0 Å². The monoisotopic (exact) mass is 295 g/mol. The van der Waals surface area contributed by atoms with Gasteiger partial charge in [-0.15, -0.1) is 0 Å². The number of rotatable bonds is 5. The third-order valence-electron chi connectivity index (χ3n) is 3.51. The molecule has 0 saturated heterocycles. The minimum absolute atomic E-state index is 0.173. The van der Waals surface area contributed by atoms with E-state index in [1.54, 1.807) is 37.6 Å². The van der Waals surface area contributed by atoms with Crippen LogP contribution in [0.5, 0.6) is 11.5 Å². The minimum atomic E-state index is 0.173. The highest BCUT2D eigenvalue weighted by atomic mass is 16.5. The quantitative estimate of drug-likeness (QED) is 0.796. The van der Waals surface area contributed by atoms with Crippen molar-refractivity contribution in [3.8, 4) is 11.5 Å². The number of aromatic hydroxyl groups is 1. The van der Waals surface area contributed by atoms with E-state index in [0.29, 0.717) is 17.2 Å². The number of aliphatic imine (C=N–C) groups is 1. The fourth-order valence-corrected chi connectivity index (χ4v) is 2.26. The second kappa shape index (κ2) is 6.94. The van der Waals surface area contributed by atoms with Gasteiger partial charge in [-0.25, -0.2) is 0 Å². The fraction of sp³-hybridized carbons (Fsp3) is 0.211. The molecule has 0 aliphatic heterocycles. The second-order valence-corrected chi connectivity index (χ2v) is 5.33. The normalized spacial score (nSPS) is 11.1. The van der Waals surface area contributed by atoms with Crippen LogP contribution in [0.1, 0.15) is 36.5 Å². The Morgan fingerprint density at radius 2 is 1.95 bits per heavy atom. The Hall–Kier alpha value is -2.55. The molecule has 0 spiro atoms. The van der Waals surface area contributed by atoms with Crippen LogP contribution in [0.4, 0.5) is 5.69 Å². The van der Waals surface area contributed by atoms with Gasteiger partial charge in [-0.2, -0.15) is 0 Å². The zero-order valence-electron chi connectivity index (χ0n) is 13.2. The number of phenolic OH excluding ortho intramolecular Hbond substituents is 1. The Morgan fingerprint density at radius 3 is 2.59 bits per heavy atom. The lowest BCUT2D eigenvalue weighted by atomic mass is 9.98. The summed E-state index contributed by atoms with van der Waals surface area (Å²) in [5.74, 6) is 1.21. The van der Waals surface area contributed by atoms with E-state index in [4.69, 9.17) is 4.74 Å². The molecule has 0 aliphatic carbocycles. The first-order valence-electron chi connectivity index (χ1n) is 7.23. The molecule has 0 saturated carbocycles. The molecule has 3 nitrogen and oxygen atoms in total. The number of hydrogen-bond acceptors (Lipinski definition) is 3. The minimum Gasteiger partial charge on any atom is -0.507 e. The number of para-hydroxylation sites is 1. The van der Waals surface area contributed by atoms with Gasteiger partial charge >= 0.3 is 0 Å². The van der Waals surface area contributed by atoms with Crippen molar-refractivity contribution >= 4 is 18.0 Å². The summed E-state index contributed by atoms with van der Waals surface area (Å²) in [6.07, 6.45) is 3.45. The largest absolute Gasteiger partial charge is 0.507 e. The summed E-state index contributed by atoms with van der Waals surface area (Å²) in [4.78, 5) is 4.59. The van der Waals surface area contributed by atoms with Gasteiger partial charge in [0, 0.05) is 11.8 Å². The molecule has 114 valence electrons. The third-order valence-corrected chi connectivity index (χ3v) is 3.51. The van der Waals surface area contributed by atoms with Gasteiger partial charge in [-0.05, 0) is 35.2 Å². The molecular formula is C19H21NO2. The molecule has 0 aliphatic rings. The Morgan fingerprint density at radius 1 is 1.18 bits per heavy atom. The zero-order chi connectivity index (χ0) is 16.1. The molecule has 0 fully saturated rings. The molecule has 0 unspecified atom stereocenters. The predicted molar refractivity (Wildman–Crippen MR) is 92.5 cm³/mol. The van der Waals surface area contributed by atoms with Gasteiger partial charge in [0.2, 0.25) is 0 Å². The number of ether oxygens (including phenoxy) is 1. The summed E-state index contributed by atoms with van der Waals surface area (Å²) in [5, 5.41) is 9.95. The van der Waals surface area contributed by atoms with Crippen LogP contribution in [0, 0.1) is 0 Å². The average Bonchev–Trinajstić information content (AvgIpc) is 2.53. The summed E-state index contributed by atoms with van der Waals surface area (Å²) < 4.78 is 5.18. The van der Waals surface area contributed by atoms with Gasteiger partial charge in [-0.3, -0.25) is 4.99 Å². The molecule has 0 amide bonds. The first-order valence-corrected chi connectivity index (χ1v) is 7.23. The van der Waals surface area contributed by atoms with Crippen molar-refractivity contribution in [1.82, 2.24) is 0 Å². The van der Waals surface area contributed by atoms with Crippen molar-refractivity contribution in [3.63, 3.8) is 0 Å². The maximum atomic E-state index is 9.95. The highest BCUT2D eigenvalue weighted by molar-refractivity contribution is 5.87. The van der Waals surface area contributed by atoms with Crippen molar-refractivity contribution in [1.29, 1.82) is 0 Å². The molecule has 3 heteroatoms. The van der Waals surface area contributed by atoms with Crippen LogP contribution in [0.15, 0.2) is 48.0 Å². The summed E-state index contributed by atoms with van der Waals surface area (Å²) in [5.41, 5.74) is 3.63. The lowest BCUT2D eigenvalue weighted by Crippen LogP contribution is -1.92. The highest BCUT2D eigenvalue weighted by Gasteiger charge is 2.09. The van der Waals surface area contributed by atoms with Gasteiger partial charge in [0.15, 0.2) is 0 Å². The SMILES string of the molecule is C=Cc1cccc(C(C)C)c1N=Cc1cc(OC)ccc1O. The van der Waals surface area contributed by atoms with Crippen LogP contribution in [-0.4, -0.2) is 18.4 Å². The Balaban J connectivity index is 2.48. The van der Waals surface area contributed by atoms with Crippen molar-refractivity contribution in [2.75, 3.05) is 7.11 Å². The summed E-state index contributed by atoms with van der Waals surface area (Å²) >= 11 is 0. The molecule has 1 N–H and O–H groups in total. The third kappa shape index (κ3) is 3.37.